The summed E-state index contributed by atoms with van der Waals surface area (Å²) in [5, 5.41) is 6.30. The molecule has 0 aromatic heterocycles. The van der Waals surface area contributed by atoms with Crippen molar-refractivity contribution >= 4 is 0 Å². The molecule has 0 aliphatic heterocycles. The lowest BCUT2D eigenvalue weighted by Crippen LogP contribution is -2.24. The molecule has 3 nitrogen and oxygen atoms in total. The maximum Gasteiger partial charge on any atom is 0.183 e. The highest BCUT2D eigenvalue weighted by Gasteiger charge is 2.03. The Bertz CT molecular complexity index is 332. The fourth-order valence-electron chi connectivity index (χ4n) is 1.71. The van der Waals surface area contributed by atoms with Gasteiger partial charge in [-0.05, 0) is 51.8 Å². The summed E-state index contributed by atoms with van der Waals surface area (Å²) in [4.78, 5) is 0. The highest BCUT2D eigenvalue weighted by atomic mass is 16.5. The molecule has 1 unspecified atom stereocenters. The van der Waals surface area contributed by atoms with Crippen molar-refractivity contribution in [1.29, 1.82) is 0 Å². The van der Waals surface area contributed by atoms with Crippen LogP contribution in [0.25, 0.3) is 0 Å². The van der Waals surface area contributed by atoms with Crippen molar-refractivity contribution in [3.63, 3.8) is 0 Å². The monoisotopic (exact) mass is 264 g/mol. The number of nitrogens with one attached hydrogen (secondary N) is 2. The van der Waals surface area contributed by atoms with Crippen molar-refractivity contribution in [3.8, 4) is 0 Å². The molecule has 2 N–H and O–H groups in total. The molecule has 0 bridgehead atoms. The fraction of sp³-hybridized carbons (Fsp3) is 0.500. The van der Waals surface area contributed by atoms with Crippen LogP contribution in [0, 0.1) is 0 Å². The molecule has 0 radical (unpaired) electrons. The zero-order valence-corrected chi connectivity index (χ0v) is 12.6. The van der Waals surface area contributed by atoms with Crippen LogP contribution < -0.4 is 10.6 Å². The number of rotatable bonds is 11. The molecule has 0 saturated heterocycles. The van der Waals surface area contributed by atoms with Crippen LogP contribution in [0.3, 0.4) is 0 Å². The fourth-order valence-corrected chi connectivity index (χ4v) is 1.71. The number of methoxy groups -OCH3 is 1. The molecular weight excluding hydrogens is 236 g/mol. The maximum absolute atomic E-state index is 4.96. The van der Waals surface area contributed by atoms with E-state index >= 15 is 0 Å². The Hall–Kier alpha value is -1.48. The Morgan fingerprint density at radius 2 is 2.05 bits per heavy atom. The van der Waals surface area contributed by atoms with Gasteiger partial charge in [-0.15, -0.1) is 6.58 Å². The van der Waals surface area contributed by atoms with Crippen LogP contribution in [0.15, 0.2) is 49.0 Å². The summed E-state index contributed by atoms with van der Waals surface area (Å²) in [5.41, 5.74) is 1.96. The van der Waals surface area contributed by atoms with E-state index in [2.05, 4.69) is 36.4 Å². The molecular formula is C16H28N2O. The smallest absolute Gasteiger partial charge is 0.183 e. The third kappa shape index (κ3) is 8.27. The van der Waals surface area contributed by atoms with Gasteiger partial charge in [-0.25, -0.2) is 0 Å². The largest absolute Gasteiger partial charge is 0.483 e. The molecule has 0 spiro atoms. The van der Waals surface area contributed by atoms with E-state index in [1.165, 1.54) is 0 Å². The minimum atomic E-state index is 0.513. The second-order valence-electron chi connectivity index (χ2n) is 4.56. The minimum absolute atomic E-state index is 0.513. The third-order valence-corrected chi connectivity index (χ3v) is 3.08. The minimum Gasteiger partial charge on any atom is -0.483 e. The van der Waals surface area contributed by atoms with E-state index in [4.69, 9.17) is 4.74 Å². The molecule has 3 heteroatoms. The molecule has 0 amide bonds. The van der Waals surface area contributed by atoms with Crippen LogP contribution in [-0.2, 0) is 4.74 Å². The van der Waals surface area contributed by atoms with Gasteiger partial charge in [0.2, 0.25) is 0 Å². The summed E-state index contributed by atoms with van der Waals surface area (Å²) in [6.45, 7) is 13.5. The summed E-state index contributed by atoms with van der Waals surface area (Å²) in [5.74, 6) is 0.513. The van der Waals surface area contributed by atoms with E-state index in [9.17, 15) is 0 Å². The predicted molar refractivity (Wildman–Crippen MR) is 83.7 cm³/mol. The van der Waals surface area contributed by atoms with E-state index in [1.807, 2.05) is 20.0 Å². The summed E-state index contributed by atoms with van der Waals surface area (Å²) in [6.07, 6.45) is 8.51. The van der Waals surface area contributed by atoms with Gasteiger partial charge < -0.3 is 15.4 Å². The lowest BCUT2D eigenvalue weighted by molar-refractivity contribution is 0.272. The van der Waals surface area contributed by atoms with Gasteiger partial charge in [-0.2, -0.15) is 0 Å². The highest BCUT2D eigenvalue weighted by Crippen LogP contribution is 2.10. The van der Waals surface area contributed by atoms with Crippen molar-refractivity contribution in [2.24, 2.45) is 0 Å². The van der Waals surface area contributed by atoms with E-state index in [0.29, 0.717) is 11.9 Å². The highest BCUT2D eigenvalue weighted by molar-refractivity contribution is 5.26. The van der Waals surface area contributed by atoms with Crippen molar-refractivity contribution < 1.29 is 4.74 Å². The van der Waals surface area contributed by atoms with Gasteiger partial charge in [0.15, 0.2) is 5.88 Å². The first-order valence-electron chi connectivity index (χ1n) is 6.69. The van der Waals surface area contributed by atoms with Crippen LogP contribution in [0.1, 0.15) is 32.6 Å². The summed E-state index contributed by atoms with van der Waals surface area (Å²) >= 11 is 0. The van der Waals surface area contributed by atoms with Crippen molar-refractivity contribution in [2.45, 2.75) is 38.6 Å². The average Bonchev–Trinajstić information content (AvgIpc) is 2.41. The summed E-state index contributed by atoms with van der Waals surface area (Å²) in [6, 6.07) is 0.529. The van der Waals surface area contributed by atoms with Gasteiger partial charge in [-0.3, -0.25) is 0 Å². The van der Waals surface area contributed by atoms with Crippen molar-refractivity contribution in [2.75, 3.05) is 14.2 Å². The van der Waals surface area contributed by atoms with Crippen LogP contribution in [0.5, 0.6) is 0 Å². The Morgan fingerprint density at radius 3 is 2.58 bits per heavy atom. The second kappa shape index (κ2) is 10.4. The number of hydrogen-bond donors (Lipinski definition) is 2. The predicted octanol–water partition coefficient (Wildman–Crippen LogP) is 3.49. The molecule has 0 saturated carbocycles. The standard InChI is InChI=1S/C16H28N2O/c1-7-10-16(17-5)12-9-8-11-13(2)14(3)18-15(4)19-6/h7,11,16-18H,1,3-4,8-10,12H2,2,5-6H3/b13-11+. The normalized spacial score (nSPS) is 12.7. The lowest BCUT2D eigenvalue weighted by Gasteiger charge is -2.13. The molecule has 0 fully saturated rings. The molecule has 0 aliphatic carbocycles. The number of allylic oxidation sites excluding steroid dienone is 2. The topological polar surface area (TPSA) is 33.3 Å². The average molecular weight is 264 g/mol. The van der Waals surface area contributed by atoms with E-state index in [0.717, 1.165) is 37.0 Å². The molecule has 108 valence electrons. The van der Waals surface area contributed by atoms with E-state index < -0.39 is 0 Å². The lowest BCUT2D eigenvalue weighted by atomic mass is 10.1. The molecule has 0 aliphatic rings. The quantitative estimate of drug-likeness (QED) is 0.259. The number of unbranched alkanes of at least 4 members (excludes halogenated alkanes) is 1. The SMILES string of the molecule is C=CCC(CCC/C=C(\C)C(=C)NC(=C)OC)NC. The zero-order valence-electron chi connectivity index (χ0n) is 12.6. The number of ether oxygens (including phenoxy) is 1. The molecule has 0 rings (SSSR count). The van der Waals surface area contributed by atoms with Gasteiger partial charge in [0, 0.05) is 11.7 Å². The Morgan fingerprint density at radius 1 is 1.37 bits per heavy atom. The van der Waals surface area contributed by atoms with E-state index in [-0.39, 0.29) is 0 Å². The van der Waals surface area contributed by atoms with Gasteiger partial charge in [0.1, 0.15) is 0 Å². The molecule has 1 atom stereocenters. The first kappa shape index (κ1) is 17.5. The van der Waals surface area contributed by atoms with Gasteiger partial charge in [-0.1, -0.05) is 18.7 Å². The Kier molecular flexibility index (Phi) is 9.63. The van der Waals surface area contributed by atoms with Crippen molar-refractivity contribution in [1.82, 2.24) is 10.6 Å². The number of hydrogen-bond acceptors (Lipinski definition) is 3. The molecule has 0 aromatic rings. The van der Waals surface area contributed by atoms with Crippen LogP contribution in [-0.4, -0.2) is 20.2 Å². The van der Waals surface area contributed by atoms with Crippen LogP contribution in [0.4, 0.5) is 0 Å². The zero-order chi connectivity index (χ0) is 14.7. The second-order valence-corrected chi connectivity index (χ2v) is 4.56. The molecule has 0 heterocycles. The van der Waals surface area contributed by atoms with Gasteiger partial charge in [0.05, 0.1) is 7.11 Å². The summed E-state index contributed by atoms with van der Waals surface area (Å²) in [7, 11) is 3.58. The van der Waals surface area contributed by atoms with Gasteiger partial charge in [0.25, 0.3) is 0 Å². The molecule has 19 heavy (non-hydrogen) atoms. The van der Waals surface area contributed by atoms with Crippen LogP contribution >= 0.6 is 0 Å². The molecule has 0 aromatic carbocycles. The first-order valence-corrected chi connectivity index (χ1v) is 6.69. The first-order chi connectivity index (χ1) is 9.04. The maximum atomic E-state index is 4.96. The van der Waals surface area contributed by atoms with E-state index in [1.54, 1.807) is 7.11 Å². The summed E-state index contributed by atoms with van der Waals surface area (Å²) < 4.78 is 4.96. The van der Waals surface area contributed by atoms with Gasteiger partial charge >= 0.3 is 0 Å². The van der Waals surface area contributed by atoms with Crippen molar-refractivity contribution in [3.05, 3.63) is 49.0 Å². The van der Waals surface area contributed by atoms with Crippen LogP contribution in [0.2, 0.25) is 0 Å². The third-order valence-electron chi connectivity index (χ3n) is 3.08. The Labute approximate surface area is 118 Å². The Balaban J connectivity index is 4.01.